The summed E-state index contributed by atoms with van der Waals surface area (Å²) in [5, 5.41) is 4.91. The van der Waals surface area contributed by atoms with Crippen molar-refractivity contribution in [2.24, 2.45) is 4.99 Å². The molecule has 0 atom stereocenters. The molecule has 0 unspecified atom stereocenters. The first-order valence-electron chi connectivity index (χ1n) is 9.34. The van der Waals surface area contributed by atoms with Crippen LogP contribution in [-0.2, 0) is 16.1 Å². The van der Waals surface area contributed by atoms with E-state index in [1.54, 1.807) is 23.1 Å². The topological polar surface area (TPSA) is 74.9 Å². The molecular formula is C22H16ClF2N3O4. The van der Waals surface area contributed by atoms with Crippen LogP contribution in [0.2, 0.25) is 5.02 Å². The minimum atomic E-state index is -3.00. The molecule has 0 bridgehead atoms. The lowest BCUT2D eigenvalue weighted by Crippen LogP contribution is -2.07. The summed E-state index contributed by atoms with van der Waals surface area (Å²) in [6, 6.07) is 11.6. The van der Waals surface area contributed by atoms with E-state index in [0.29, 0.717) is 22.7 Å². The van der Waals surface area contributed by atoms with Crippen LogP contribution in [0, 0.1) is 0 Å². The second-order valence-corrected chi connectivity index (χ2v) is 7.05. The number of benzene rings is 2. The molecule has 2 heterocycles. The first kappa shape index (κ1) is 21.5. The number of cyclic esters (lactones) is 1. The lowest BCUT2D eigenvalue weighted by molar-refractivity contribution is -0.129. The van der Waals surface area contributed by atoms with Gasteiger partial charge >= 0.3 is 12.6 Å². The Morgan fingerprint density at radius 2 is 2.03 bits per heavy atom. The van der Waals surface area contributed by atoms with Gasteiger partial charge < -0.3 is 14.2 Å². The van der Waals surface area contributed by atoms with E-state index in [0.717, 1.165) is 5.56 Å². The van der Waals surface area contributed by atoms with E-state index in [9.17, 15) is 13.6 Å². The van der Waals surface area contributed by atoms with Gasteiger partial charge in [0.05, 0.1) is 19.9 Å². The molecule has 2 aromatic carbocycles. The molecule has 32 heavy (non-hydrogen) atoms. The number of nitrogens with zero attached hydrogens (tertiary/aromatic N) is 3. The van der Waals surface area contributed by atoms with Gasteiger partial charge in [-0.05, 0) is 35.9 Å². The number of carbonyl (C=O) groups is 1. The Morgan fingerprint density at radius 3 is 2.78 bits per heavy atom. The third kappa shape index (κ3) is 4.78. The Kier molecular flexibility index (Phi) is 6.18. The highest BCUT2D eigenvalue weighted by Crippen LogP contribution is 2.31. The van der Waals surface area contributed by atoms with E-state index in [1.807, 2.05) is 18.2 Å². The normalized spacial score (nSPS) is 14.6. The summed E-state index contributed by atoms with van der Waals surface area (Å²) in [6.45, 7) is -2.53. The number of methoxy groups -OCH3 is 1. The number of halogens is 3. The summed E-state index contributed by atoms with van der Waals surface area (Å²) < 4.78 is 41.4. The van der Waals surface area contributed by atoms with Gasteiger partial charge in [-0.3, -0.25) is 4.68 Å². The molecule has 0 aliphatic carbocycles. The maximum absolute atomic E-state index is 12.5. The number of hydrogen-bond donors (Lipinski definition) is 0. The smallest absolute Gasteiger partial charge is 0.387 e. The van der Waals surface area contributed by atoms with Crippen molar-refractivity contribution < 1.29 is 27.8 Å². The standard InChI is InChI=1S/C22H16ClF2N3O4/c1-30-19-9-14(6-7-18(19)31-22(24)25)20-27-17(21(29)32-20)8-13-10-26-28(11-13)12-15-4-2-3-5-16(15)23/h2-11,22H,12H2,1H3/b17-8-. The fourth-order valence-corrected chi connectivity index (χ4v) is 3.22. The predicted molar refractivity (Wildman–Crippen MR) is 113 cm³/mol. The van der Waals surface area contributed by atoms with Crippen molar-refractivity contribution in [1.82, 2.24) is 9.78 Å². The molecule has 1 aromatic heterocycles. The highest BCUT2D eigenvalue weighted by Gasteiger charge is 2.25. The molecule has 0 radical (unpaired) electrons. The summed E-state index contributed by atoms with van der Waals surface area (Å²) in [6.07, 6.45) is 4.87. The molecule has 0 saturated carbocycles. The SMILES string of the molecule is COc1cc(C2=N/C(=C\c3cnn(Cc4ccccc4Cl)c3)C(=O)O2)ccc1OC(F)F. The zero-order valence-electron chi connectivity index (χ0n) is 16.7. The van der Waals surface area contributed by atoms with Crippen LogP contribution in [0.3, 0.4) is 0 Å². The maximum atomic E-state index is 12.5. The Bertz CT molecular complexity index is 1220. The van der Waals surface area contributed by atoms with Crippen LogP contribution < -0.4 is 9.47 Å². The second kappa shape index (κ2) is 9.19. The first-order valence-corrected chi connectivity index (χ1v) is 9.72. The molecule has 0 spiro atoms. The van der Waals surface area contributed by atoms with E-state index >= 15 is 0 Å². The van der Waals surface area contributed by atoms with Gasteiger partial charge in [0.25, 0.3) is 0 Å². The zero-order valence-corrected chi connectivity index (χ0v) is 17.4. The third-order valence-electron chi connectivity index (χ3n) is 4.49. The highest BCUT2D eigenvalue weighted by molar-refractivity contribution is 6.31. The van der Waals surface area contributed by atoms with Crippen molar-refractivity contribution in [2.45, 2.75) is 13.2 Å². The fraction of sp³-hybridized carbons (Fsp3) is 0.136. The summed E-state index contributed by atoms with van der Waals surface area (Å²) in [5.41, 5.74) is 2.00. The molecule has 0 amide bonds. The van der Waals surface area contributed by atoms with E-state index in [4.69, 9.17) is 21.1 Å². The second-order valence-electron chi connectivity index (χ2n) is 6.64. The average molecular weight is 460 g/mol. The molecular weight excluding hydrogens is 444 g/mol. The van der Waals surface area contributed by atoms with Crippen molar-refractivity contribution in [3.05, 3.63) is 82.3 Å². The van der Waals surface area contributed by atoms with Crippen LogP contribution in [0.25, 0.3) is 6.08 Å². The van der Waals surface area contributed by atoms with Gasteiger partial charge in [-0.1, -0.05) is 29.8 Å². The van der Waals surface area contributed by atoms with Gasteiger partial charge in [0.2, 0.25) is 5.90 Å². The summed E-state index contributed by atoms with van der Waals surface area (Å²) in [7, 11) is 1.31. The summed E-state index contributed by atoms with van der Waals surface area (Å²) >= 11 is 6.18. The van der Waals surface area contributed by atoms with Crippen molar-refractivity contribution >= 4 is 29.5 Å². The van der Waals surface area contributed by atoms with Crippen LogP contribution in [0.4, 0.5) is 8.78 Å². The van der Waals surface area contributed by atoms with Gasteiger partial charge in [0.15, 0.2) is 17.2 Å². The lowest BCUT2D eigenvalue weighted by Gasteiger charge is -2.10. The lowest BCUT2D eigenvalue weighted by atomic mass is 10.2. The number of hydrogen-bond acceptors (Lipinski definition) is 6. The monoisotopic (exact) mass is 459 g/mol. The predicted octanol–water partition coefficient (Wildman–Crippen LogP) is 4.54. The van der Waals surface area contributed by atoms with Crippen LogP contribution in [-0.4, -0.2) is 35.4 Å². The van der Waals surface area contributed by atoms with E-state index in [1.165, 1.54) is 31.4 Å². The van der Waals surface area contributed by atoms with E-state index in [-0.39, 0.29) is 23.1 Å². The van der Waals surface area contributed by atoms with Crippen molar-refractivity contribution in [3.63, 3.8) is 0 Å². The Balaban J connectivity index is 1.54. The molecule has 0 fully saturated rings. The third-order valence-corrected chi connectivity index (χ3v) is 4.86. The number of rotatable bonds is 7. The molecule has 1 aliphatic heterocycles. The van der Waals surface area contributed by atoms with Gasteiger partial charge in [0.1, 0.15) is 0 Å². The van der Waals surface area contributed by atoms with Crippen LogP contribution >= 0.6 is 11.6 Å². The Hall–Kier alpha value is -3.72. The van der Waals surface area contributed by atoms with Crippen LogP contribution in [0.5, 0.6) is 11.5 Å². The van der Waals surface area contributed by atoms with Gasteiger partial charge in [-0.15, -0.1) is 0 Å². The number of ether oxygens (including phenoxy) is 3. The largest absolute Gasteiger partial charge is 0.493 e. The molecule has 1 aliphatic rings. The van der Waals surface area contributed by atoms with Gasteiger partial charge in [0, 0.05) is 22.3 Å². The molecule has 0 saturated heterocycles. The molecule has 164 valence electrons. The molecule has 10 heteroatoms. The molecule has 0 N–H and O–H groups in total. The number of esters is 1. The first-order chi connectivity index (χ1) is 15.4. The number of aliphatic imine (C=N–C) groups is 1. The van der Waals surface area contributed by atoms with Crippen molar-refractivity contribution in [3.8, 4) is 11.5 Å². The van der Waals surface area contributed by atoms with E-state index in [2.05, 4.69) is 14.8 Å². The molecule has 3 aromatic rings. The minimum absolute atomic E-state index is 0.0200. The molecule has 4 rings (SSSR count). The van der Waals surface area contributed by atoms with Crippen molar-refractivity contribution in [1.29, 1.82) is 0 Å². The Morgan fingerprint density at radius 1 is 1.22 bits per heavy atom. The summed E-state index contributed by atoms with van der Waals surface area (Å²) in [4.78, 5) is 16.5. The number of alkyl halides is 2. The van der Waals surface area contributed by atoms with Crippen molar-refractivity contribution in [2.75, 3.05) is 7.11 Å². The summed E-state index contributed by atoms with van der Waals surface area (Å²) in [5.74, 6) is -0.713. The number of carbonyl (C=O) groups excluding carboxylic acids is 1. The van der Waals surface area contributed by atoms with Gasteiger partial charge in [-0.25, -0.2) is 9.79 Å². The average Bonchev–Trinajstić information content (AvgIpc) is 3.36. The van der Waals surface area contributed by atoms with Gasteiger partial charge in [-0.2, -0.15) is 13.9 Å². The van der Waals surface area contributed by atoms with E-state index < -0.39 is 12.6 Å². The number of aromatic nitrogens is 2. The molecule has 7 nitrogen and oxygen atoms in total. The quantitative estimate of drug-likeness (QED) is 0.383. The minimum Gasteiger partial charge on any atom is -0.493 e. The van der Waals surface area contributed by atoms with Crippen LogP contribution in [0.1, 0.15) is 16.7 Å². The highest BCUT2D eigenvalue weighted by atomic mass is 35.5. The van der Waals surface area contributed by atoms with Crippen LogP contribution in [0.15, 0.2) is 65.5 Å². The maximum Gasteiger partial charge on any atom is 0.387 e. The zero-order chi connectivity index (χ0) is 22.7. The Labute approximate surface area is 186 Å². The fourth-order valence-electron chi connectivity index (χ4n) is 3.03.